The van der Waals surface area contributed by atoms with Gasteiger partial charge < -0.3 is 19.8 Å². The lowest BCUT2D eigenvalue weighted by Gasteiger charge is -2.06. The van der Waals surface area contributed by atoms with Crippen molar-refractivity contribution >= 4 is 5.95 Å². The predicted octanol–water partition coefficient (Wildman–Crippen LogP) is 0.657. The zero-order valence-corrected chi connectivity index (χ0v) is 10.9. The second-order valence-electron chi connectivity index (χ2n) is 3.70. The van der Waals surface area contributed by atoms with E-state index in [1.54, 1.807) is 6.20 Å². The monoisotopic (exact) mass is 264 g/mol. The molecule has 2 N–H and O–H groups in total. The smallest absolute Gasteiger partial charge is 0.324 e. The molecule has 0 unspecified atom stereocenters. The van der Waals surface area contributed by atoms with Crippen LogP contribution in [0, 0.1) is 0 Å². The van der Waals surface area contributed by atoms with Crippen molar-refractivity contribution in [2.24, 2.45) is 0 Å². The summed E-state index contributed by atoms with van der Waals surface area (Å²) in [4.78, 5) is 19.3. The van der Waals surface area contributed by atoms with Crippen LogP contribution in [-0.4, -0.2) is 45.7 Å². The fourth-order valence-electron chi connectivity index (χ4n) is 1.49. The normalized spacial score (nSPS) is 10.2. The van der Waals surface area contributed by atoms with Crippen LogP contribution < -0.4 is 14.8 Å². The van der Waals surface area contributed by atoms with E-state index in [1.807, 2.05) is 6.20 Å². The zero-order valence-electron chi connectivity index (χ0n) is 10.9. The minimum atomic E-state index is 0.223. The number of H-pyrrole nitrogens is 1. The summed E-state index contributed by atoms with van der Waals surface area (Å²) < 4.78 is 9.93. The highest BCUT2D eigenvalue weighted by atomic mass is 16.5. The molecule has 0 aliphatic heterocycles. The van der Waals surface area contributed by atoms with Crippen molar-refractivity contribution in [1.82, 2.24) is 24.9 Å². The Labute approximate surface area is 110 Å². The SMILES string of the molecule is COc1nc(NCCCc2ncc[nH]2)nc(OC)n1. The third-order valence-electron chi connectivity index (χ3n) is 2.39. The Morgan fingerprint density at radius 2 is 1.89 bits per heavy atom. The first-order valence-corrected chi connectivity index (χ1v) is 5.88. The van der Waals surface area contributed by atoms with Crippen molar-refractivity contribution in [3.8, 4) is 12.0 Å². The Hall–Kier alpha value is -2.38. The maximum Gasteiger partial charge on any atom is 0.324 e. The molecule has 0 bridgehead atoms. The van der Waals surface area contributed by atoms with Crippen molar-refractivity contribution in [3.63, 3.8) is 0 Å². The van der Waals surface area contributed by atoms with Gasteiger partial charge in [-0.2, -0.15) is 9.97 Å². The second kappa shape index (κ2) is 6.53. The summed E-state index contributed by atoms with van der Waals surface area (Å²) in [6.45, 7) is 0.719. The van der Waals surface area contributed by atoms with Crippen LogP contribution >= 0.6 is 0 Å². The number of aromatic amines is 1. The highest BCUT2D eigenvalue weighted by Gasteiger charge is 2.06. The van der Waals surface area contributed by atoms with E-state index in [9.17, 15) is 0 Å². The first kappa shape index (κ1) is 13.1. The minimum absolute atomic E-state index is 0.223. The molecule has 0 amide bonds. The van der Waals surface area contributed by atoms with Gasteiger partial charge in [0.15, 0.2) is 0 Å². The zero-order chi connectivity index (χ0) is 13.5. The molecule has 0 spiro atoms. The Morgan fingerprint density at radius 3 is 2.47 bits per heavy atom. The molecule has 2 aromatic heterocycles. The average molecular weight is 264 g/mol. The summed E-state index contributed by atoms with van der Waals surface area (Å²) in [6.07, 6.45) is 5.32. The van der Waals surface area contributed by atoms with Crippen LogP contribution in [0.15, 0.2) is 12.4 Å². The molecule has 0 saturated carbocycles. The Balaban J connectivity index is 1.84. The van der Waals surface area contributed by atoms with Gasteiger partial charge in [-0.25, -0.2) is 4.98 Å². The number of methoxy groups -OCH3 is 2. The van der Waals surface area contributed by atoms with E-state index in [1.165, 1.54) is 14.2 Å². The van der Waals surface area contributed by atoms with Gasteiger partial charge in [0.1, 0.15) is 5.82 Å². The standard InChI is InChI=1S/C11H16N6O2/c1-18-10-15-9(16-11(17-10)19-2)14-5-3-4-8-12-6-7-13-8/h6-7H,3-5H2,1-2H3,(H,12,13)(H,14,15,16,17). The van der Waals surface area contributed by atoms with Gasteiger partial charge in [-0.05, 0) is 6.42 Å². The molecule has 0 aromatic carbocycles. The first-order valence-electron chi connectivity index (χ1n) is 5.88. The van der Waals surface area contributed by atoms with E-state index < -0.39 is 0 Å². The van der Waals surface area contributed by atoms with Crippen molar-refractivity contribution < 1.29 is 9.47 Å². The first-order chi connectivity index (χ1) is 9.31. The van der Waals surface area contributed by atoms with Crippen LogP contribution in [0.4, 0.5) is 5.95 Å². The number of ether oxygens (including phenoxy) is 2. The highest BCUT2D eigenvalue weighted by Crippen LogP contribution is 2.11. The number of aryl methyl sites for hydroxylation is 1. The topological polar surface area (TPSA) is 97.8 Å². The molecule has 0 aliphatic rings. The molecule has 0 fully saturated rings. The van der Waals surface area contributed by atoms with Crippen LogP contribution in [0.25, 0.3) is 0 Å². The molecule has 102 valence electrons. The van der Waals surface area contributed by atoms with E-state index in [0.717, 1.165) is 25.2 Å². The van der Waals surface area contributed by atoms with Gasteiger partial charge in [0.2, 0.25) is 5.95 Å². The molecule has 0 radical (unpaired) electrons. The summed E-state index contributed by atoms with van der Waals surface area (Å²) in [5, 5.41) is 3.09. The number of anilines is 1. The molecular weight excluding hydrogens is 248 g/mol. The molecule has 0 atom stereocenters. The minimum Gasteiger partial charge on any atom is -0.467 e. The highest BCUT2D eigenvalue weighted by molar-refractivity contribution is 5.27. The van der Waals surface area contributed by atoms with Gasteiger partial charge >= 0.3 is 12.0 Å². The number of aromatic nitrogens is 5. The third kappa shape index (κ3) is 3.80. The van der Waals surface area contributed by atoms with Crippen molar-refractivity contribution in [1.29, 1.82) is 0 Å². The maximum atomic E-state index is 4.97. The molecule has 2 aromatic rings. The molecule has 8 heteroatoms. The Bertz CT molecular complexity index is 480. The van der Waals surface area contributed by atoms with E-state index >= 15 is 0 Å². The van der Waals surface area contributed by atoms with Crippen LogP contribution in [-0.2, 0) is 6.42 Å². The molecule has 19 heavy (non-hydrogen) atoms. The number of hydrogen-bond donors (Lipinski definition) is 2. The predicted molar refractivity (Wildman–Crippen MR) is 68.3 cm³/mol. The van der Waals surface area contributed by atoms with Gasteiger partial charge in [-0.3, -0.25) is 0 Å². The molecule has 8 nitrogen and oxygen atoms in total. The molecule has 2 heterocycles. The Morgan fingerprint density at radius 1 is 1.16 bits per heavy atom. The van der Waals surface area contributed by atoms with E-state index in [4.69, 9.17) is 9.47 Å². The number of nitrogens with one attached hydrogen (secondary N) is 2. The summed E-state index contributed by atoms with van der Waals surface area (Å²) >= 11 is 0. The van der Waals surface area contributed by atoms with Gasteiger partial charge in [0.25, 0.3) is 0 Å². The fraction of sp³-hybridized carbons (Fsp3) is 0.455. The second-order valence-corrected chi connectivity index (χ2v) is 3.70. The van der Waals surface area contributed by atoms with E-state index in [-0.39, 0.29) is 12.0 Å². The van der Waals surface area contributed by atoms with E-state index in [0.29, 0.717) is 5.95 Å². The third-order valence-corrected chi connectivity index (χ3v) is 2.39. The van der Waals surface area contributed by atoms with Crippen molar-refractivity contribution in [2.75, 3.05) is 26.1 Å². The lowest BCUT2D eigenvalue weighted by Crippen LogP contribution is -2.09. The largest absolute Gasteiger partial charge is 0.467 e. The van der Waals surface area contributed by atoms with Crippen molar-refractivity contribution in [2.45, 2.75) is 12.8 Å². The summed E-state index contributed by atoms with van der Waals surface area (Å²) in [5.74, 6) is 1.40. The average Bonchev–Trinajstić information content (AvgIpc) is 2.96. The molecule has 2 rings (SSSR count). The van der Waals surface area contributed by atoms with Crippen LogP contribution in [0.2, 0.25) is 0 Å². The maximum absolute atomic E-state index is 4.97. The van der Waals surface area contributed by atoms with Gasteiger partial charge in [-0.1, -0.05) is 0 Å². The molecular formula is C11H16N6O2. The number of hydrogen-bond acceptors (Lipinski definition) is 7. The number of imidazole rings is 1. The van der Waals surface area contributed by atoms with Crippen LogP contribution in [0.3, 0.4) is 0 Å². The van der Waals surface area contributed by atoms with Gasteiger partial charge in [-0.15, -0.1) is 4.98 Å². The molecule has 0 aliphatic carbocycles. The summed E-state index contributed by atoms with van der Waals surface area (Å²) in [7, 11) is 2.99. The lowest BCUT2D eigenvalue weighted by atomic mass is 10.3. The number of nitrogens with zero attached hydrogens (tertiary/aromatic N) is 4. The van der Waals surface area contributed by atoms with E-state index in [2.05, 4.69) is 30.2 Å². The van der Waals surface area contributed by atoms with Gasteiger partial charge in [0, 0.05) is 25.4 Å². The van der Waals surface area contributed by atoms with Crippen molar-refractivity contribution in [3.05, 3.63) is 18.2 Å². The van der Waals surface area contributed by atoms with Crippen LogP contribution in [0.1, 0.15) is 12.2 Å². The number of rotatable bonds is 7. The summed E-state index contributed by atoms with van der Waals surface area (Å²) in [5.41, 5.74) is 0. The lowest BCUT2D eigenvalue weighted by molar-refractivity contribution is 0.341. The van der Waals surface area contributed by atoms with Gasteiger partial charge in [0.05, 0.1) is 14.2 Å². The quantitative estimate of drug-likeness (QED) is 0.709. The fourth-order valence-corrected chi connectivity index (χ4v) is 1.49. The summed E-state index contributed by atoms with van der Waals surface area (Å²) in [6, 6.07) is 0.445. The molecule has 0 saturated heterocycles. The van der Waals surface area contributed by atoms with Crippen LogP contribution in [0.5, 0.6) is 12.0 Å². The Kier molecular flexibility index (Phi) is 4.49.